The lowest BCUT2D eigenvalue weighted by atomic mass is 10.0. The average Bonchev–Trinajstić information content (AvgIpc) is 2.89. The normalized spacial score (nSPS) is 17.4. The maximum Gasteiger partial charge on any atom is 0.335 e. The van der Waals surface area contributed by atoms with E-state index in [0.717, 1.165) is 77.4 Å². The van der Waals surface area contributed by atoms with Crippen molar-refractivity contribution < 1.29 is 23.8 Å². The number of hydrogen-bond acceptors (Lipinski definition) is 6. The zero-order valence-corrected chi connectivity index (χ0v) is 20.8. The van der Waals surface area contributed by atoms with Crippen molar-refractivity contribution in [1.82, 2.24) is 9.80 Å². The zero-order valence-electron chi connectivity index (χ0n) is 20.8. The second kappa shape index (κ2) is 12.3. The minimum atomic E-state index is -1.08. The number of amides is 1. The smallest absolute Gasteiger partial charge is 0.335 e. The molecule has 0 radical (unpaired) electrons. The Morgan fingerprint density at radius 1 is 1.11 bits per heavy atom. The molecule has 0 saturated carbocycles. The van der Waals surface area contributed by atoms with Crippen molar-refractivity contribution in [3.8, 4) is 0 Å². The van der Waals surface area contributed by atoms with Crippen molar-refractivity contribution in [3.63, 3.8) is 0 Å². The van der Waals surface area contributed by atoms with Crippen LogP contribution in [0.5, 0.6) is 0 Å². The molecule has 1 amide bonds. The second-order valence-corrected chi connectivity index (χ2v) is 9.48. The molecule has 2 saturated heterocycles. The second-order valence-electron chi connectivity index (χ2n) is 9.48. The number of carbonyl (C=O) groups is 2. The van der Waals surface area contributed by atoms with Crippen molar-refractivity contribution in [2.45, 2.75) is 25.3 Å². The van der Waals surface area contributed by atoms with E-state index in [2.05, 4.69) is 27.1 Å². The van der Waals surface area contributed by atoms with Crippen molar-refractivity contribution in [3.05, 3.63) is 59.4 Å². The fourth-order valence-corrected chi connectivity index (χ4v) is 4.98. The summed E-state index contributed by atoms with van der Waals surface area (Å²) in [6.07, 6.45) is 3.06. The van der Waals surface area contributed by atoms with Crippen LogP contribution in [0.3, 0.4) is 0 Å². The van der Waals surface area contributed by atoms with Gasteiger partial charge in [-0.3, -0.25) is 9.69 Å². The minimum absolute atomic E-state index is 0.0671. The molecule has 0 aromatic heterocycles. The maximum absolute atomic E-state index is 14.1. The van der Waals surface area contributed by atoms with E-state index in [0.29, 0.717) is 11.7 Å². The fraction of sp³-hybridized carbons (Fsp3) is 0.481. The molecular weight excluding hydrogens is 463 g/mol. The number of rotatable bonds is 9. The molecule has 9 heteroatoms. The summed E-state index contributed by atoms with van der Waals surface area (Å²) in [5.41, 5.74) is 1.11. The molecule has 0 unspecified atom stereocenters. The summed E-state index contributed by atoms with van der Waals surface area (Å²) >= 11 is 0. The number of piperidine rings is 1. The third kappa shape index (κ3) is 6.60. The Hall–Kier alpha value is -3.01. The van der Waals surface area contributed by atoms with Crippen molar-refractivity contribution in [2.24, 2.45) is 0 Å². The number of carbonyl (C=O) groups excluding carboxylic acids is 1. The summed E-state index contributed by atoms with van der Waals surface area (Å²) in [5.74, 6) is -2.31. The maximum atomic E-state index is 14.1. The van der Waals surface area contributed by atoms with Crippen molar-refractivity contribution in [1.29, 1.82) is 0 Å². The molecule has 2 aromatic carbocycles. The molecule has 2 aromatic rings. The molecule has 2 N–H and O–H groups in total. The molecule has 2 fully saturated rings. The van der Waals surface area contributed by atoms with Crippen LogP contribution in [0.2, 0.25) is 0 Å². The Bertz CT molecular complexity index is 1050. The molecule has 2 aliphatic heterocycles. The Morgan fingerprint density at radius 2 is 1.83 bits per heavy atom. The van der Waals surface area contributed by atoms with Crippen LogP contribution in [0.4, 0.5) is 15.8 Å². The monoisotopic (exact) mass is 498 g/mol. The van der Waals surface area contributed by atoms with Crippen LogP contribution >= 0.6 is 0 Å². The van der Waals surface area contributed by atoms with E-state index in [9.17, 15) is 19.1 Å². The largest absolute Gasteiger partial charge is 0.478 e. The lowest BCUT2D eigenvalue weighted by Gasteiger charge is -2.39. The summed E-state index contributed by atoms with van der Waals surface area (Å²) in [6, 6.07) is 10.9. The van der Waals surface area contributed by atoms with Gasteiger partial charge in [0.2, 0.25) is 0 Å². The van der Waals surface area contributed by atoms with Gasteiger partial charge in [0.25, 0.3) is 5.91 Å². The van der Waals surface area contributed by atoms with E-state index < -0.39 is 17.7 Å². The average molecular weight is 499 g/mol. The van der Waals surface area contributed by atoms with Crippen LogP contribution in [0.1, 0.15) is 40.0 Å². The number of nitrogens with one attached hydrogen (secondary N) is 1. The summed E-state index contributed by atoms with van der Waals surface area (Å²) in [7, 11) is 2.18. The van der Waals surface area contributed by atoms with Gasteiger partial charge in [0.1, 0.15) is 5.82 Å². The molecule has 0 spiro atoms. The summed E-state index contributed by atoms with van der Waals surface area (Å²) < 4.78 is 19.6. The Labute approximate surface area is 211 Å². The quantitative estimate of drug-likeness (QED) is 0.548. The predicted octanol–water partition coefficient (Wildman–Crippen LogP) is 3.40. The van der Waals surface area contributed by atoms with Gasteiger partial charge in [-0.15, -0.1) is 0 Å². The molecule has 2 heterocycles. The molecular formula is C27H35FN4O4. The molecule has 0 bridgehead atoms. The van der Waals surface area contributed by atoms with E-state index in [1.807, 2.05) is 0 Å². The summed E-state index contributed by atoms with van der Waals surface area (Å²) in [4.78, 5) is 31.4. The minimum Gasteiger partial charge on any atom is -0.478 e. The first-order chi connectivity index (χ1) is 17.4. The van der Waals surface area contributed by atoms with Gasteiger partial charge in [0.15, 0.2) is 0 Å². The highest BCUT2D eigenvalue weighted by atomic mass is 19.1. The number of nitrogens with zero attached hydrogens (tertiary/aromatic N) is 3. The lowest BCUT2D eigenvalue weighted by molar-refractivity contribution is 0.0357. The highest BCUT2D eigenvalue weighted by Gasteiger charge is 2.25. The van der Waals surface area contributed by atoms with Gasteiger partial charge in [0, 0.05) is 32.2 Å². The highest BCUT2D eigenvalue weighted by Crippen LogP contribution is 2.31. The number of ether oxygens (including phenoxy) is 1. The van der Waals surface area contributed by atoms with Crippen LogP contribution < -0.4 is 10.2 Å². The van der Waals surface area contributed by atoms with Crippen LogP contribution in [-0.4, -0.2) is 92.4 Å². The van der Waals surface area contributed by atoms with E-state index in [1.54, 1.807) is 18.2 Å². The van der Waals surface area contributed by atoms with Crippen LogP contribution in [0.15, 0.2) is 42.5 Å². The molecule has 2 aliphatic rings. The topological polar surface area (TPSA) is 85.3 Å². The third-order valence-corrected chi connectivity index (χ3v) is 7.13. The number of hydrogen-bond donors (Lipinski definition) is 2. The van der Waals surface area contributed by atoms with Crippen molar-refractivity contribution in [2.75, 3.05) is 69.7 Å². The first kappa shape index (κ1) is 26.1. The van der Waals surface area contributed by atoms with Gasteiger partial charge >= 0.3 is 5.97 Å². The number of aromatic carboxylic acids is 1. The van der Waals surface area contributed by atoms with Crippen LogP contribution in [-0.2, 0) is 4.74 Å². The number of benzene rings is 2. The number of anilines is 2. The first-order valence-corrected chi connectivity index (χ1v) is 12.6. The van der Waals surface area contributed by atoms with E-state index in [4.69, 9.17) is 4.74 Å². The van der Waals surface area contributed by atoms with Crippen molar-refractivity contribution >= 4 is 23.3 Å². The van der Waals surface area contributed by atoms with Crippen LogP contribution in [0.25, 0.3) is 0 Å². The molecule has 8 nitrogen and oxygen atoms in total. The standard InChI is InChI=1S/C27H35FN4O4/c1-30(11-4-12-31-15-17-36-18-16-31)21-9-13-32(14-10-21)25-8-7-20(27(34)35)19-24(25)29-26(33)22-5-2-3-6-23(22)28/h2-3,5-8,19,21H,4,9-18H2,1H3,(H,29,33)(H,34,35). The molecule has 36 heavy (non-hydrogen) atoms. The summed E-state index contributed by atoms with van der Waals surface area (Å²) in [6.45, 7) is 7.37. The van der Waals surface area contributed by atoms with Gasteiger partial charge in [0.05, 0.1) is 35.7 Å². The molecule has 0 aliphatic carbocycles. The Morgan fingerprint density at radius 3 is 2.53 bits per heavy atom. The van der Waals surface area contributed by atoms with Crippen LogP contribution in [0, 0.1) is 5.82 Å². The molecule has 4 rings (SSSR count). The Kier molecular flexibility index (Phi) is 8.90. The summed E-state index contributed by atoms with van der Waals surface area (Å²) in [5, 5.41) is 12.2. The van der Waals surface area contributed by atoms with E-state index in [1.165, 1.54) is 24.3 Å². The van der Waals surface area contributed by atoms with E-state index >= 15 is 0 Å². The first-order valence-electron chi connectivity index (χ1n) is 12.6. The SMILES string of the molecule is CN(CCCN1CCOCC1)C1CCN(c2ccc(C(=O)O)cc2NC(=O)c2ccccc2F)CC1. The van der Waals surface area contributed by atoms with Gasteiger partial charge in [-0.25, -0.2) is 9.18 Å². The Balaban J connectivity index is 1.37. The van der Waals surface area contributed by atoms with Gasteiger partial charge in [-0.05, 0) is 69.7 Å². The van der Waals surface area contributed by atoms with Gasteiger partial charge in [-0.1, -0.05) is 12.1 Å². The number of carboxylic acids is 1. The number of halogens is 1. The van der Waals surface area contributed by atoms with E-state index in [-0.39, 0.29) is 11.1 Å². The lowest BCUT2D eigenvalue weighted by Crippen LogP contribution is -2.44. The molecule has 194 valence electrons. The highest BCUT2D eigenvalue weighted by molar-refractivity contribution is 6.07. The van der Waals surface area contributed by atoms with Gasteiger partial charge in [-0.2, -0.15) is 0 Å². The molecule has 0 atom stereocenters. The predicted molar refractivity (Wildman–Crippen MR) is 137 cm³/mol. The fourth-order valence-electron chi connectivity index (χ4n) is 4.98. The zero-order chi connectivity index (χ0) is 25.5. The number of carboxylic acid groups (broad SMARTS) is 1. The van der Waals surface area contributed by atoms with Gasteiger partial charge < -0.3 is 25.0 Å². The number of morpholine rings is 1. The third-order valence-electron chi connectivity index (χ3n) is 7.13.